The summed E-state index contributed by atoms with van der Waals surface area (Å²) in [6.45, 7) is 6.86. The van der Waals surface area contributed by atoms with Gasteiger partial charge >= 0.3 is 0 Å². The normalized spacial score (nSPS) is 22.1. The lowest BCUT2D eigenvalue weighted by atomic mass is 9.98. The summed E-state index contributed by atoms with van der Waals surface area (Å²) >= 11 is 0. The Bertz CT molecular complexity index is 2420. The van der Waals surface area contributed by atoms with E-state index >= 15 is 0 Å². The van der Waals surface area contributed by atoms with Gasteiger partial charge in [0.15, 0.2) is 5.65 Å². The molecule has 15 nitrogen and oxygen atoms in total. The van der Waals surface area contributed by atoms with E-state index in [0.29, 0.717) is 28.9 Å². The zero-order valence-corrected chi connectivity index (χ0v) is 32.0. The van der Waals surface area contributed by atoms with Crippen LogP contribution >= 0.6 is 0 Å². The smallest absolute Gasteiger partial charge is 0.262 e. The van der Waals surface area contributed by atoms with Crippen molar-refractivity contribution in [3.8, 4) is 22.8 Å². The Morgan fingerprint density at radius 3 is 2.31 bits per heavy atom. The van der Waals surface area contributed by atoms with Crippen molar-refractivity contribution in [3.05, 3.63) is 90.3 Å². The van der Waals surface area contributed by atoms with Crippen LogP contribution in [0, 0.1) is 5.92 Å². The Kier molecular flexibility index (Phi) is 9.13. The molecule has 4 saturated heterocycles. The number of benzene rings is 3. The number of imide groups is 2. The second-order valence-electron chi connectivity index (χ2n) is 16.1. The fourth-order valence-corrected chi connectivity index (χ4v) is 9.41. The summed E-state index contributed by atoms with van der Waals surface area (Å²) in [6, 6.07) is 22.8. The number of likely N-dealkylation sites (tertiary alicyclic amines) is 2. The molecule has 296 valence electrons. The number of hydrogen-bond donors (Lipinski definition) is 2. The molecule has 3 aromatic carbocycles. The van der Waals surface area contributed by atoms with E-state index < -0.39 is 23.8 Å². The molecule has 3 N–H and O–H groups in total. The number of hydrogen-bond acceptors (Lipinski definition) is 12. The van der Waals surface area contributed by atoms with Gasteiger partial charge in [0.1, 0.15) is 35.4 Å². The fourth-order valence-electron chi connectivity index (χ4n) is 9.41. The van der Waals surface area contributed by atoms with E-state index in [-0.39, 0.29) is 24.8 Å². The second kappa shape index (κ2) is 14.6. The van der Waals surface area contributed by atoms with E-state index in [0.717, 1.165) is 109 Å². The lowest BCUT2D eigenvalue weighted by molar-refractivity contribution is -0.136. The summed E-state index contributed by atoms with van der Waals surface area (Å²) in [5.41, 5.74) is 10.5. The van der Waals surface area contributed by atoms with Gasteiger partial charge < -0.3 is 15.4 Å². The molecule has 5 aromatic rings. The molecular formula is C43H44N10O5. The monoisotopic (exact) mass is 780 g/mol. The average Bonchev–Trinajstić information content (AvgIpc) is 3.92. The highest BCUT2D eigenvalue weighted by Crippen LogP contribution is 2.37. The first-order chi connectivity index (χ1) is 28.3. The predicted octanol–water partition coefficient (Wildman–Crippen LogP) is 4.12. The SMILES string of the molecule is Nc1ncnc2c1c(-c1ccc(Oc3ccccc3)cc1)nn2C1CCN(C2CN(CC3CCN(c4ccc5c(c4)C(=O)N(C4CCC(=O)NC4=O)C5=O)C3)C2)CC1. The lowest BCUT2D eigenvalue weighted by Crippen LogP contribution is -2.61. The first-order valence-corrected chi connectivity index (χ1v) is 20.2. The first kappa shape index (κ1) is 36.2. The van der Waals surface area contributed by atoms with Crippen molar-refractivity contribution < 1.29 is 23.9 Å². The maximum atomic E-state index is 13.4. The molecule has 0 bridgehead atoms. The molecule has 0 spiro atoms. The number of piperidine rings is 2. The molecule has 15 heteroatoms. The summed E-state index contributed by atoms with van der Waals surface area (Å²) in [5.74, 6) is 0.511. The van der Waals surface area contributed by atoms with Crippen molar-refractivity contribution in [1.82, 2.24) is 39.8 Å². The van der Waals surface area contributed by atoms with Gasteiger partial charge in [-0.25, -0.2) is 14.6 Å². The quantitative estimate of drug-likeness (QED) is 0.206. The van der Waals surface area contributed by atoms with Gasteiger partial charge in [-0.3, -0.25) is 39.2 Å². The van der Waals surface area contributed by atoms with Crippen molar-refractivity contribution >= 4 is 46.2 Å². The van der Waals surface area contributed by atoms with Gasteiger partial charge in [0.05, 0.1) is 22.6 Å². The number of nitrogens with one attached hydrogen (secondary N) is 1. The van der Waals surface area contributed by atoms with E-state index in [9.17, 15) is 19.2 Å². The zero-order chi connectivity index (χ0) is 39.5. The molecule has 58 heavy (non-hydrogen) atoms. The van der Waals surface area contributed by atoms with Crippen molar-refractivity contribution in [3.63, 3.8) is 0 Å². The van der Waals surface area contributed by atoms with E-state index in [2.05, 4.69) is 34.7 Å². The van der Waals surface area contributed by atoms with Crippen LogP contribution in [0.25, 0.3) is 22.3 Å². The lowest BCUT2D eigenvalue weighted by Gasteiger charge is -2.48. The van der Waals surface area contributed by atoms with Gasteiger partial charge in [-0.15, -0.1) is 0 Å². The first-order valence-electron chi connectivity index (χ1n) is 20.2. The number of ether oxygens (including phenoxy) is 1. The van der Waals surface area contributed by atoms with E-state index in [1.165, 1.54) is 6.33 Å². The van der Waals surface area contributed by atoms with Crippen LogP contribution in [0.3, 0.4) is 0 Å². The number of rotatable bonds is 9. The Morgan fingerprint density at radius 1 is 0.776 bits per heavy atom. The number of nitrogen functional groups attached to an aromatic ring is 1. The van der Waals surface area contributed by atoms with E-state index in [1.54, 1.807) is 12.1 Å². The Hall–Kier alpha value is -6.19. The molecule has 4 amide bonds. The van der Waals surface area contributed by atoms with Crippen LogP contribution in [0.2, 0.25) is 0 Å². The van der Waals surface area contributed by atoms with Crippen LogP contribution in [0.1, 0.15) is 58.9 Å². The summed E-state index contributed by atoms with van der Waals surface area (Å²) in [6.07, 6.45) is 4.76. The van der Waals surface area contributed by atoms with Crippen LogP contribution < -0.4 is 20.7 Å². The number of anilines is 2. The molecule has 5 aliphatic rings. The van der Waals surface area contributed by atoms with Crippen LogP contribution in [-0.2, 0) is 9.59 Å². The second-order valence-corrected chi connectivity index (χ2v) is 16.1. The van der Waals surface area contributed by atoms with Crippen LogP contribution in [0.4, 0.5) is 11.5 Å². The van der Waals surface area contributed by atoms with Gasteiger partial charge in [0, 0.05) is 69.5 Å². The zero-order valence-electron chi connectivity index (χ0n) is 32.0. The average molecular weight is 781 g/mol. The number of nitrogens with zero attached hydrogens (tertiary/aromatic N) is 8. The minimum atomic E-state index is -0.965. The topological polar surface area (TPSA) is 172 Å². The van der Waals surface area contributed by atoms with Gasteiger partial charge in [-0.2, -0.15) is 5.10 Å². The van der Waals surface area contributed by atoms with Crippen LogP contribution in [-0.4, -0.2) is 116 Å². The third-order valence-corrected chi connectivity index (χ3v) is 12.5. The summed E-state index contributed by atoms with van der Waals surface area (Å²) in [5, 5.41) is 8.15. The summed E-state index contributed by atoms with van der Waals surface area (Å²) in [4.78, 5) is 68.1. The molecule has 2 aromatic heterocycles. The predicted molar refractivity (Wildman–Crippen MR) is 215 cm³/mol. The molecule has 10 rings (SSSR count). The molecule has 5 aliphatic heterocycles. The van der Waals surface area contributed by atoms with Crippen molar-refractivity contribution in [2.24, 2.45) is 5.92 Å². The molecule has 0 aliphatic carbocycles. The maximum absolute atomic E-state index is 13.4. The standard InChI is InChI=1S/C43H44N10O5/c44-39-37-38(27-6-9-32(10-7-27)58-31-4-2-1-3-5-31)48-53(40(37)46-25-45-39)28-15-18-50(19-16-28)30-23-49(24-30)21-26-14-17-51(22-26)29-8-11-33-34(20-29)43(57)52(42(33)56)35-12-13-36(54)47-41(35)55/h1-11,20,25-26,28,30,35H,12-19,21-24H2,(H2,44,45,46)(H,47,54,55). The molecule has 0 radical (unpaired) electrons. The molecular weight excluding hydrogens is 737 g/mol. The highest BCUT2D eigenvalue weighted by Gasteiger charge is 2.45. The van der Waals surface area contributed by atoms with Crippen molar-refractivity contribution in [2.45, 2.75) is 50.2 Å². The maximum Gasteiger partial charge on any atom is 0.262 e. The minimum Gasteiger partial charge on any atom is -0.457 e. The number of para-hydroxylation sites is 1. The van der Waals surface area contributed by atoms with E-state index in [4.69, 9.17) is 15.6 Å². The van der Waals surface area contributed by atoms with Gasteiger partial charge in [-0.1, -0.05) is 18.2 Å². The van der Waals surface area contributed by atoms with Crippen molar-refractivity contribution in [1.29, 1.82) is 0 Å². The molecule has 0 saturated carbocycles. The third kappa shape index (κ3) is 6.53. The highest BCUT2D eigenvalue weighted by molar-refractivity contribution is 6.23. The van der Waals surface area contributed by atoms with Gasteiger partial charge in [0.2, 0.25) is 11.8 Å². The van der Waals surface area contributed by atoms with Crippen LogP contribution in [0.5, 0.6) is 11.5 Å². The van der Waals surface area contributed by atoms with E-state index in [1.807, 2.05) is 60.7 Å². The third-order valence-electron chi connectivity index (χ3n) is 12.5. The van der Waals surface area contributed by atoms with Crippen molar-refractivity contribution in [2.75, 3.05) is 56.4 Å². The molecule has 4 fully saturated rings. The largest absolute Gasteiger partial charge is 0.457 e. The number of carbonyl (C=O) groups excluding carboxylic acids is 4. The molecule has 2 unspecified atom stereocenters. The van der Waals surface area contributed by atoms with Gasteiger partial charge in [0.25, 0.3) is 11.8 Å². The number of fused-ring (bicyclic) bond motifs is 2. The number of aromatic nitrogens is 4. The minimum absolute atomic E-state index is 0.0988. The summed E-state index contributed by atoms with van der Waals surface area (Å²) in [7, 11) is 0. The fraction of sp³-hybridized carbons (Fsp3) is 0.372. The Balaban J connectivity index is 0.727. The van der Waals surface area contributed by atoms with Gasteiger partial charge in [-0.05, 0) is 86.2 Å². The Labute approximate surface area is 334 Å². The van der Waals surface area contributed by atoms with Crippen LogP contribution in [0.15, 0.2) is 79.1 Å². The highest BCUT2D eigenvalue weighted by atomic mass is 16.5. The number of carbonyl (C=O) groups is 4. The Morgan fingerprint density at radius 2 is 1.53 bits per heavy atom. The number of nitrogens with two attached hydrogens (primary N) is 1. The molecule has 2 atom stereocenters. The number of amides is 4. The summed E-state index contributed by atoms with van der Waals surface area (Å²) < 4.78 is 8.07. The molecule has 7 heterocycles.